The molecule has 1 nitrogen and oxygen atoms in total. The van der Waals surface area contributed by atoms with E-state index in [2.05, 4.69) is 0 Å². The van der Waals surface area contributed by atoms with Crippen LogP contribution in [-0.2, 0) is 11.7 Å². The molecule has 1 atom stereocenters. The summed E-state index contributed by atoms with van der Waals surface area (Å²) in [6.45, 7) is 0. The molecule has 1 saturated carbocycles. The summed E-state index contributed by atoms with van der Waals surface area (Å²) < 4.78 is 64.8. The van der Waals surface area contributed by atoms with Crippen LogP contribution in [0.15, 0.2) is 24.3 Å². The van der Waals surface area contributed by atoms with Gasteiger partial charge in [-0.3, -0.25) is 0 Å². The largest absolute Gasteiger partial charge is 0.416 e. The normalized spacial score (nSPS) is 27.4. The Balaban J connectivity index is 2.46. The van der Waals surface area contributed by atoms with Crippen LogP contribution in [0, 0.1) is 0 Å². The van der Waals surface area contributed by atoms with Gasteiger partial charge in [0.05, 0.1) is 5.56 Å². The molecular weight excluding hydrogens is 253 g/mol. The molecule has 1 unspecified atom stereocenters. The van der Waals surface area contributed by atoms with Gasteiger partial charge in [0.25, 0.3) is 0 Å². The molecule has 1 fully saturated rings. The maximum absolute atomic E-state index is 13.2. The van der Waals surface area contributed by atoms with Crippen LogP contribution in [0.5, 0.6) is 0 Å². The van der Waals surface area contributed by atoms with Gasteiger partial charge in [0.2, 0.25) is 5.92 Å². The maximum atomic E-state index is 13.2. The third kappa shape index (κ3) is 2.34. The van der Waals surface area contributed by atoms with Crippen molar-refractivity contribution in [1.29, 1.82) is 0 Å². The molecular formula is C12H12F5N. The van der Waals surface area contributed by atoms with E-state index in [1.807, 2.05) is 0 Å². The standard InChI is InChI=1S/C12H12F5N/c13-11(14)6-5-10(18,7-11)8-3-1-2-4-9(8)12(15,16)17/h1-4H,5-7,18H2. The van der Waals surface area contributed by atoms with Crippen molar-refractivity contribution < 1.29 is 22.0 Å². The zero-order valence-corrected chi connectivity index (χ0v) is 9.40. The van der Waals surface area contributed by atoms with Gasteiger partial charge in [-0.05, 0) is 18.1 Å². The Labute approximate surface area is 101 Å². The lowest BCUT2D eigenvalue weighted by atomic mass is 9.85. The highest BCUT2D eigenvalue weighted by molar-refractivity contribution is 5.36. The van der Waals surface area contributed by atoms with Crippen molar-refractivity contribution in [3.8, 4) is 0 Å². The van der Waals surface area contributed by atoms with Gasteiger partial charge >= 0.3 is 6.18 Å². The minimum absolute atomic E-state index is 0.146. The summed E-state index contributed by atoms with van der Waals surface area (Å²) >= 11 is 0. The average Bonchev–Trinajstić information content (AvgIpc) is 2.53. The van der Waals surface area contributed by atoms with E-state index in [1.54, 1.807) is 0 Å². The van der Waals surface area contributed by atoms with Gasteiger partial charge in [0.15, 0.2) is 0 Å². The molecule has 0 radical (unpaired) electrons. The van der Waals surface area contributed by atoms with Crippen LogP contribution in [0.1, 0.15) is 30.4 Å². The Morgan fingerprint density at radius 1 is 1.06 bits per heavy atom. The zero-order chi connectivity index (χ0) is 13.6. The number of halogens is 5. The quantitative estimate of drug-likeness (QED) is 0.770. The highest BCUT2D eigenvalue weighted by atomic mass is 19.4. The molecule has 100 valence electrons. The fourth-order valence-corrected chi connectivity index (χ4v) is 2.44. The first kappa shape index (κ1) is 13.3. The first-order valence-electron chi connectivity index (χ1n) is 5.48. The second kappa shape index (κ2) is 3.91. The SMILES string of the molecule is NC1(c2ccccc2C(F)(F)F)CCC(F)(F)C1. The second-order valence-corrected chi connectivity index (χ2v) is 4.73. The summed E-state index contributed by atoms with van der Waals surface area (Å²) in [5.74, 6) is -2.99. The molecule has 0 heterocycles. The Bertz CT molecular complexity index is 454. The van der Waals surface area contributed by atoms with Crippen molar-refractivity contribution in [2.75, 3.05) is 0 Å². The monoisotopic (exact) mass is 265 g/mol. The molecule has 0 spiro atoms. The van der Waals surface area contributed by atoms with Gasteiger partial charge < -0.3 is 5.73 Å². The maximum Gasteiger partial charge on any atom is 0.416 e. The molecule has 0 saturated heterocycles. The first-order valence-corrected chi connectivity index (χ1v) is 5.48. The Morgan fingerprint density at radius 3 is 2.17 bits per heavy atom. The number of hydrogen-bond acceptors (Lipinski definition) is 1. The lowest BCUT2D eigenvalue weighted by molar-refractivity contribution is -0.139. The van der Waals surface area contributed by atoms with E-state index in [4.69, 9.17) is 5.73 Å². The van der Waals surface area contributed by atoms with E-state index in [0.29, 0.717) is 0 Å². The van der Waals surface area contributed by atoms with Gasteiger partial charge in [0.1, 0.15) is 0 Å². The summed E-state index contributed by atoms with van der Waals surface area (Å²) in [4.78, 5) is 0. The van der Waals surface area contributed by atoms with Crippen molar-refractivity contribution in [3.05, 3.63) is 35.4 Å². The summed E-state index contributed by atoms with van der Waals surface area (Å²) in [5.41, 5.74) is 3.01. The molecule has 0 bridgehead atoms. The summed E-state index contributed by atoms with van der Waals surface area (Å²) in [5, 5.41) is 0. The molecule has 6 heteroatoms. The number of benzene rings is 1. The molecule has 0 amide bonds. The van der Waals surface area contributed by atoms with Crippen molar-refractivity contribution in [2.24, 2.45) is 5.73 Å². The molecule has 2 N–H and O–H groups in total. The molecule has 0 aliphatic heterocycles. The van der Waals surface area contributed by atoms with Crippen molar-refractivity contribution in [2.45, 2.75) is 36.9 Å². The summed E-state index contributed by atoms with van der Waals surface area (Å²) in [6.07, 6.45) is -5.95. The molecule has 18 heavy (non-hydrogen) atoms. The smallest absolute Gasteiger partial charge is 0.321 e. The summed E-state index contributed by atoms with van der Waals surface area (Å²) in [6, 6.07) is 4.67. The van der Waals surface area contributed by atoms with Crippen molar-refractivity contribution in [3.63, 3.8) is 0 Å². The van der Waals surface area contributed by atoms with Crippen LogP contribution in [0.4, 0.5) is 22.0 Å². The van der Waals surface area contributed by atoms with Crippen molar-refractivity contribution >= 4 is 0 Å². The van der Waals surface area contributed by atoms with Gasteiger partial charge in [-0.2, -0.15) is 13.2 Å². The number of hydrogen-bond donors (Lipinski definition) is 1. The van der Waals surface area contributed by atoms with Crippen LogP contribution in [0.3, 0.4) is 0 Å². The van der Waals surface area contributed by atoms with Gasteiger partial charge in [-0.15, -0.1) is 0 Å². The Kier molecular flexibility index (Phi) is 2.88. The van der Waals surface area contributed by atoms with Crippen LogP contribution >= 0.6 is 0 Å². The topological polar surface area (TPSA) is 26.0 Å². The molecule has 1 aromatic carbocycles. The molecule has 1 aromatic rings. The number of nitrogens with two attached hydrogens (primary N) is 1. The predicted octanol–water partition coefficient (Wildman–Crippen LogP) is 3.68. The second-order valence-electron chi connectivity index (χ2n) is 4.73. The molecule has 2 rings (SSSR count). The minimum atomic E-state index is -4.58. The van der Waals surface area contributed by atoms with Crippen molar-refractivity contribution in [1.82, 2.24) is 0 Å². The molecule has 0 aromatic heterocycles. The van der Waals surface area contributed by atoms with E-state index >= 15 is 0 Å². The lowest BCUT2D eigenvalue weighted by Crippen LogP contribution is -2.37. The van der Waals surface area contributed by atoms with Gasteiger partial charge in [0, 0.05) is 18.4 Å². The van der Waals surface area contributed by atoms with E-state index in [-0.39, 0.29) is 12.0 Å². The van der Waals surface area contributed by atoms with Crippen LogP contribution in [-0.4, -0.2) is 5.92 Å². The first-order chi connectivity index (χ1) is 8.14. The van der Waals surface area contributed by atoms with Gasteiger partial charge in [-0.25, -0.2) is 8.78 Å². The van der Waals surface area contributed by atoms with E-state index in [0.717, 1.165) is 6.07 Å². The minimum Gasteiger partial charge on any atom is -0.321 e. The summed E-state index contributed by atoms with van der Waals surface area (Å²) in [7, 11) is 0. The van der Waals surface area contributed by atoms with E-state index in [9.17, 15) is 22.0 Å². The highest BCUT2D eigenvalue weighted by Gasteiger charge is 2.50. The number of rotatable bonds is 1. The Morgan fingerprint density at radius 2 is 1.67 bits per heavy atom. The molecule has 1 aliphatic rings. The lowest BCUT2D eigenvalue weighted by Gasteiger charge is -2.27. The average molecular weight is 265 g/mol. The molecule has 1 aliphatic carbocycles. The van der Waals surface area contributed by atoms with Crippen LogP contribution in [0.25, 0.3) is 0 Å². The fraction of sp³-hybridized carbons (Fsp3) is 0.500. The zero-order valence-electron chi connectivity index (χ0n) is 9.40. The third-order valence-electron chi connectivity index (χ3n) is 3.28. The van der Waals surface area contributed by atoms with Crippen LogP contribution in [0.2, 0.25) is 0 Å². The van der Waals surface area contributed by atoms with Crippen LogP contribution < -0.4 is 5.73 Å². The fourth-order valence-electron chi connectivity index (χ4n) is 2.44. The van der Waals surface area contributed by atoms with Gasteiger partial charge in [-0.1, -0.05) is 18.2 Å². The van der Waals surface area contributed by atoms with E-state index in [1.165, 1.54) is 18.2 Å². The van der Waals surface area contributed by atoms with E-state index < -0.39 is 36.0 Å². The predicted molar refractivity (Wildman–Crippen MR) is 56.1 cm³/mol. The third-order valence-corrected chi connectivity index (χ3v) is 3.28. The number of alkyl halides is 5. The Hall–Kier alpha value is -1.17. The highest BCUT2D eigenvalue weighted by Crippen LogP contribution is 2.48.